The molecule has 4 amide bonds. The number of benzene rings is 5. The van der Waals surface area contributed by atoms with Crippen LogP contribution in [0.25, 0.3) is 0 Å². The van der Waals surface area contributed by atoms with Crippen molar-refractivity contribution < 1.29 is 67.3 Å². The number of carboxylic acids is 1. The summed E-state index contributed by atoms with van der Waals surface area (Å²) in [5.74, 6) is 9.26. The topological polar surface area (TPSA) is 379 Å². The van der Waals surface area contributed by atoms with E-state index in [1.54, 1.807) is 134 Å². The number of hydrazine groups is 1. The molecule has 0 saturated heterocycles. The van der Waals surface area contributed by atoms with E-state index in [-0.39, 0.29) is 65.7 Å². The third kappa shape index (κ3) is 30.8. The Labute approximate surface area is 638 Å². The van der Waals surface area contributed by atoms with Crippen LogP contribution < -0.4 is 44.4 Å². The Morgan fingerprint density at radius 3 is 0.924 bits per heavy atom. The first kappa shape index (κ1) is 85.2. The van der Waals surface area contributed by atoms with Crippen LogP contribution in [0.15, 0.2) is 237 Å². The molecule has 0 saturated carbocycles. The van der Waals surface area contributed by atoms with Crippen molar-refractivity contribution in [2.45, 2.75) is 92.0 Å². The van der Waals surface area contributed by atoms with E-state index in [0.29, 0.717) is 122 Å². The highest BCUT2D eigenvalue weighted by Crippen LogP contribution is 2.22. The first-order valence-corrected chi connectivity index (χ1v) is 35.8. The van der Waals surface area contributed by atoms with E-state index in [2.05, 4.69) is 39.9 Å². The van der Waals surface area contributed by atoms with Crippen LogP contribution in [0.3, 0.4) is 0 Å². The van der Waals surface area contributed by atoms with E-state index in [0.717, 1.165) is 46.6 Å². The number of aromatic carboxylic acids is 1. The summed E-state index contributed by atoms with van der Waals surface area (Å²) in [6.07, 6.45) is 10.1. The molecular weight excluding hydrogens is 1510 g/mol. The molecule has 0 aliphatic rings. The number of carbonyl (C=O) groups is 9. The summed E-state index contributed by atoms with van der Waals surface area (Å²) in [5, 5.41) is 19.7. The summed E-state index contributed by atoms with van der Waals surface area (Å²) >= 11 is 4.37. The summed E-state index contributed by atoms with van der Waals surface area (Å²) in [6.45, 7) is 7.52. The van der Waals surface area contributed by atoms with E-state index < -0.39 is 5.97 Å². The Morgan fingerprint density at radius 2 is 0.676 bits per heavy atom. The fourth-order valence-electron chi connectivity index (χ4n) is 9.12. The van der Waals surface area contributed by atoms with E-state index in [1.165, 1.54) is 35.2 Å². The van der Waals surface area contributed by atoms with Crippen LogP contribution in [0.2, 0.25) is 0 Å². The number of thiophene rings is 2. The molecule has 0 bridgehead atoms. The lowest BCUT2D eigenvalue weighted by atomic mass is 10.0. The van der Waals surface area contributed by atoms with Crippen LogP contribution in [0, 0.1) is 0 Å². The molecule has 0 spiro atoms. The monoisotopic (exact) mass is 1600 g/mol. The zero-order valence-electron chi connectivity index (χ0n) is 59.1. The summed E-state index contributed by atoms with van der Waals surface area (Å²) in [6, 6.07) is 57.2. The lowest BCUT2D eigenvalue weighted by Crippen LogP contribution is -2.22. The largest absolute Gasteiger partial charge is 0.478 e. The predicted molar refractivity (Wildman–Crippen MR) is 418 cm³/mol. The number of aryl methyl sites for hydroxylation is 4. The molecule has 6 aromatic heterocycles. The van der Waals surface area contributed by atoms with Crippen molar-refractivity contribution in [2.75, 3.05) is 11.5 Å². The molecule has 26 heteroatoms. The molecule has 552 valence electrons. The van der Waals surface area contributed by atoms with Crippen LogP contribution in [-0.4, -0.2) is 69.3 Å². The molecule has 0 aliphatic carbocycles. The lowest BCUT2D eigenvalue weighted by molar-refractivity contribution is 0.0694. The van der Waals surface area contributed by atoms with E-state index >= 15 is 0 Å². The molecule has 0 radical (unpaired) electrons. The van der Waals surface area contributed by atoms with Crippen molar-refractivity contribution in [1.82, 2.24) is 21.3 Å². The second-order valence-electron chi connectivity index (χ2n) is 22.1. The molecule has 13 N–H and O–H groups in total. The number of rotatable bonds is 27. The lowest BCUT2D eigenvalue weighted by Gasteiger charge is -2.05. The van der Waals surface area contributed by atoms with Gasteiger partial charge in [-0.3, -0.25) is 50.0 Å². The van der Waals surface area contributed by atoms with E-state index in [4.69, 9.17) is 35.6 Å². The van der Waals surface area contributed by atoms with Crippen molar-refractivity contribution >= 4 is 110 Å². The molecule has 0 atom stereocenters. The molecule has 0 aliphatic heterocycles. The number of hydrogen-bond acceptors (Lipinski definition) is 19. The minimum atomic E-state index is -0.868. The van der Waals surface area contributed by atoms with Crippen molar-refractivity contribution in [3.8, 4) is 0 Å². The van der Waals surface area contributed by atoms with Gasteiger partial charge in [0.1, 0.15) is 23.0 Å². The van der Waals surface area contributed by atoms with Gasteiger partial charge in [-0.25, -0.2) is 4.79 Å². The Kier molecular flexibility index (Phi) is 39.3. The number of halogens is 2. The van der Waals surface area contributed by atoms with Gasteiger partial charge in [0.05, 0.1) is 82.8 Å². The van der Waals surface area contributed by atoms with Gasteiger partial charge in [0, 0.05) is 43.0 Å². The average Bonchev–Trinajstić information content (AvgIpc) is 1.14. The molecule has 5 aromatic carbocycles. The predicted octanol–water partition coefficient (Wildman–Crippen LogP) is 14.2. The zero-order chi connectivity index (χ0) is 76.3. The number of carbonyl (C=O) groups excluding carboxylic acids is 8. The number of Topliss-reactive ketones (excluding diaryl/α,β-unsaturated/α-hetero) is 4. The fraction of sp³-hybridized carbons (Fsp3) is 0.203. The van der Waals surface area contributed by atoms with Gasteiger partial charge in [0.15, 0.2) is 23.1 Å². The Hall–Kier alpha value is -10.5. The highest BCUT2D eigenvalue weighted by Gasteiger charge is 2.16. The minimum Gasteiger partial charge on any atom is -0.478 e. The Balaban J connectivity index is 0.000000284. The van der Waals surface area contributed by atoms with Gasteiger partial charge < -0.3 is 55.5 Å². The maximum atomic E-state index is 12.3. The SMILES string of the molecule is CC(=O)c1ccc(C(=O)CCc2ccc(C(=O)NCc3ccco3)cc2)s1.CCc1ccc(C(=O)NCc2ccco2)cc1.CCc1ccc(C(=O)O)cc1.Cl.NCC(=O)c1ccc(C(=O)CCc2ccc(C(=O)NCc3ccco3)cc2)s1.NCc1ccc(C(=O)NCc2ccco2)cc1.NN.[2H]CI. The van der Waals surface area contributed by atoms with Gasteiger partial charge in [0.2, 0.25) is 0 Å². The van der Waals surface area contributed by atoms with Crippen molar-refractivity contribution in [3.63, 3.8) is 0 Å². The number of carboxylic acid groups (broad SMARTS) is 1. The van der Waals surface area contributed by atoms with Crippen molar-refractivity contribution in [3.05, 3.63) is 317 Å². The number of furan rings is 4. The number of alkyl halides is 1. The Morgan fingerprint density at radius 1 is 0.410 bits per heavy atom. The van der Waals surface area contributed by atoms with Gasteiger partial charge >= 0.3 is 5.97 Å². The van der Waals surface area contributed by atoms with Gasteiger partial charge in [0.25, 0.3) is 23.6 Å². The summed E-state index contributed by atoms with van der Waals surface area (Å²) in [4.78, 5) is 108. The first-order chi connectivity index (χ1) is 50.8. The van der Waals surface area contributed by atoms with Gasteiger partial charge in [-0.15, -0.1) is 35.1 Å². The zero-order valence-corrected chi connectivity index (χ0v) is 62.8. The summed E-state index contributed by atoms with van der Waals surface area (Å²) in [7, 11) is 0. The molecule has 0 unspecified atom stereocenters. The van der Waals surface area contributed by atoms with E-state index in [1.807, 2.05) is 114 Å². The van der Waals surface area contributed by atoms with Crippen molar-refractivity contribution in [2.24, 2.45) is 23.2 Å². The van der Waals surface area contributed by atoms with Gasteiger partial charge in [-0.1, -0.05) is 97.1 Å². The number of amides is 4. The third-order valence-electron chi connectivity index (χ3n) is 15.0. The Bertz CT molecular complexity index is 4310. The maximum absolute atomic E-state index is 12.3. The van der Waals surface area contributed by atoms with Crippen molar-refractivity contribution in [1.29, 1.82) is 0 Å². The number of ketones is 4. The normalized spacial score (nSPS) is 10.1. The van der Waals surface area contributed by atoms with Crippen LogP contribution in [0.5, 0.6) is 0 Å². The van der Waals surface area contributed by atoms with Crippen LogP contribution in [0.4, 0.5) is 0 Å². The highest BCUT2D eigenvalue weighted by atomic mass is 127. The smallest absolute Gasteiger partial charge is 0.335 e. The van der Waals surface area contributed by atoms with Crippen LogP contribution in [0.1, 0.15) is 176 Å². The highest BCUT2D eigenvalue weighted by molar-refractivity contribution is 14.1. The molecule has 22 nitrogen and oxygen atoms in total. The second kappa shape index (κ2) is 48.5. The minimum absolute atomic E-state index is 0. The van der Waals surface area contributed by atoms with Crippen LogP contribution in [-0.2, 0) is 58.4 Å². The quantitative estimate of drug-likeness (QED) is 0.00759. The molecule has 6 heterocycles. The fourth-order valence-corrected chi connectivity index (χ4v) is 10.9. The molecule has 11 rings (SSSR count). The molecular formula is C79H86ClIN8O14S2. The maximum Gasteiger partial charge on any atom is 0.335 e. The van der Waals surface area contributed by atoms with Crippen LogP contribution >= 0.6 is 57.7 Å². The standard InChI is InChI=1S/C21H20N2O4S.C21H19NO4S.C14H15NO2.C13H14N2O2.C9H10O2.CH3I.ClH.H4N2/c22-12-18(25)20-10-9-19(28-20)17(24)8-5-14-3-6-15(7-4-14)21(26)23-13-16-2-1-11-27-16;1-14(23)19-10-11-20(27-19)18(24)9-6-15-4-7-16(8-5-15)21(25)22-13-17-3-2-12-26-17;1-2-11-5-7-12(8-6-11)14(16)15-10-13-4-3-9-17-13;14-8-10-3-5-11(6-4-10)13(16)15-9-12-2-1-7-17-12;1-2-7-3-5-8(6-4-7)9(10)11;1-2;;1-2/h1-4,6-7,9-11H,5,8,12-13,22H2,(H,23,26);2-5,7-8,10-12H,6,9,13H2,1H3,(H,22,25);3-9H,2,10H2,1H3,(H,15,16);1-7H,8-9,14H2,(H,15,16);3-6H,2H2,1H3,(H,10,11);1H3;1H;1-2H2/i;;;;;1D;;. The number of nitrogens with one attached hydrogen (secondary N) is 4. The number of hydrogen-bond donors (Lipinski definition) is 9. The first-order valence-electron chi connectivity index (χ1n) is 33.3. The average molecular weight is 1600 g/mol. The molecule has 0 fully saturated rings. The van der Waals surface area contributed by atoms with Gasteiger partial charge in [-0.2, -0.15) is 0 Å². The summed E-state index contributed by atoms with van der Waals surface area (Å²) < 4.78 is 26.8. The second-order valence-corrected chi connectivity index (χ2v) is 24.3. The number of nitrogens with two attached hydrogens (primary N) is 4. The third-order valence-corrected chi connectivity index (χ3v) is 17.4. The van der Waals surface area contributed by atoms with E-state index in [9.17, 15) is 43.2 Å². The van der Waals surface area contributed by atoms with Gasteiger partial charge in [-0.05, 0) is 199 Å². The molecule has 105 heavy (non-hydrogen) atoms. The molecule has 11 aromatic rings. The summed E-state index contributed by atoms with van der Waals surface area (Å²) in [5.41, 5.74) is 18.9.